The molecule has 0 aromatic carbocycles. The molecule has 7 nitrogen and oxygen atoms in total. The van der Waals surface area contributed by atoms with E-state index < -0.39 is 0 Å². The number of rotatable bonds is 8. The van der Waals surface area contributed by atoms with Gasteiger partial charge in [0.2, 0.25) is 0 Å². The number of allylic oxidation sites excluding steroid dienone is 1. The molecule has 1 saturated heterocycles. The summed E-state index contributed by atoms with van der Waals surface area (Å²) >= 11 is 0. The van der Waals surface area contributed by atoms with E-state index in [1.54, 1.807) is 0 Å². The van der Waals surface area contributed by atoms with E-state index in [0.29, 0.717) is 47.9 Å². The highest BCUT2D eigenvalue weighted by atomic mass is 16.5. The van der Waals surface area contributed by atoms with Crippen molar-refractivity contribution in [2.24, 2.45) is 57.8 Å². The number of carbonyl (C=O) groups excluding carboxylic acids is 2. The lowest BCUT2D eigenvalue weighted by Gasteiger charge is -2.58. The molecule has 0 spiro atoms. The van der Waals surface area contributed by atoms with Crippen LogP contribution in [0.25, 0.3) is 0 Å². The minimum absolute atomic E-state index is 0.0109. The van der Waals surface area contributed by atoms with Crippen LogP contribution in [0.5, 0.6) is 0 Å². The zero-order chi connectivity index (χ0) is 27.2. The summed E-state index contributed by atoms with van der Waals surface area (Å²) in [5, 5.41) is 0. The van der Waals surface area contributed by atoms with E-state index in [1.807, 2.05) is 0 Å². The molecule has 0 aromatic heterocycles. The van der Waals surface area contributed by atoms with Gasteiger partial charge in [0.05, 0.1) is 31.9 Å². The van der Waals surface area contributed by atoms with Gasteiger partial charge in [-0.25, -0.2) is 0 Å². The molecule has 1 heterocycles. The summed E-state index contributed by atoms with van der Waals surface area (Å²) in [4.78, 5) is 23.2. The van der Waals surface area contributed by atoms with Gasteiger partial charge in [0, 0.05) is 6.42 Å². The average molecular weight is 531 g/mol. The van der Waals surface area contributed by atoms with Crippen molar-refractivity contribution in [3.05, 3.63) is 11.6 Å². The molecule has 0 radical (unpaired) electrons. The van der Waals surface area contributed by atoms with Gasteiger partial charge in [-0.1, -0.05) is 39.3 Å². The van der Waals surface area contributed by atoms with Gasteiger partial charge in [0.25, 0.3) is 0 Å². The van der Waals surface area contributed by atoms with Crippen LogP contribution in [0.15, 0.2) is 11.6 Å². The van der Waals surface area contributed by atoms with Crippen LogP contribution in [0.4, 0.5) is 0 Å². The Hall–Kier alpha value is -1.44. The number of nitrogens with two attached hydrogens (primary N) is 2. The minimum atomic E-state index is -0.326. The highest BCUT2D eigenvalue weighted by Crippen LogP contribution is 2.69. The van der Waals surface area contributed by atoms with Crippen molar-refractivity contribution in [2.45, 2.75) is 104 Å². The maximum Gasteiger partial charge on any atom is 0.319 e. The Morgan fingerprint density at radius 1 is 1.13 bits per heavy atom. The fourth-order valence-electron chi connectivity index (χ4n) is 9.81. The number of hydrogen-bond donors (Lipinski definition) is 2. The van der Waals surface area contributed by atoms with E-state index in [1.165, 1.54) is 24.8 Å². The van der Waals surface area contributed by atoms with Gasteiger partial charge in [0.15, 0.2) is 0 Å². The second-order valence-corrected chi connectivity index (χ2v) is 13.8. The predicted molar refractivity (Wildman–Crippen MR) is 146 cm³/mol. The van der Waals surface area contributed by atoms with Gasteiger partial charge in [-0.05, 0) is 97.7 Å². The summed E-state index contributed by atoms with van der Waals surface area (Å²) in [5.41, 5.74) is 12.9. The van der Waals surface area contributed by atoms with Crippen LogP contribution in [-0.2, 0) is 23.8 Å². The monoisotopic (exact) mass is 530 g/mol. The van der Waals surface area contributed by atoms with Gasteiger partial charge >= 0.3 is 11.9 Å². The van der Waals surface area contributed by atoms with Crippen LogP contribution < -0.4 is 11.5 Å². The van der Waals surface area contributed by atoms with Crippen molar-refractivity contribution >= 4 is 11.9 Å². The average Bonchev–Trinajstić information content (AvgIpc) is 3.38. The number of carbonyl (C=O) groups is 2. The molecule has 11 atom stereocenters. The lowest BCUT2D eigenvalue weighted by Crippen LogP contribution is -2.51. The van der Waals surface area contributed by atoms with Gasteiger partial charge in [-0.2, -0.15) is 0 Å². The third-order valence-corrected chi connectivity index (χ3v) is 11.8. The Morgan fingerprint density at radius 3 is 2.63 bits per heavy atom. The highest BCUT2D eigenvalue weighted by Gasteiger charge is 2.65. The Kier molecular flexibility index (Phi) is 8.03. The molecule has 7 heteroatoms. The third-order valence-electron chi connectivity index (χ3n) is 11.8. The van der Waals surface area contributed by atoms with Crippen molar-refractivity contribution in [1.82, 2.24) is 0 Å². The van der Waals surface area contributed by atoms with Crippen molar-refractivity contribution in [1.29, 1.82) is 0 Å². The molecule has 38 heavy (non-hydrogen) atoms. The molecule has 214 valence electrons. The van der Waals surface area contributed by atoms with Crippen LogP contribution in [0.2, 0.25) is 0 Å². The first-order valence-corrected chi connectivity index (χ1v) is 15.2. The third kappa shape index (κ3) is 4.85. The van der Waals surface area contributed by atoms with Crippen molar-refractivity contribution < 1.29 is 23.8 Å². The summed E-state index contributed by atoms with van der Waals surface area (Å²) in [7, 11) is 0. The maximum absolute atomic E-state index is 11.8. The molecule has 3 saturated carbocycles. The Bertz CT molecular complexity index is 937. The molecule has 5 aliphatic rings. The molecule has 5 rings (SSSR count). The fourth-order valence-corrected chi connectivity index (χ4v) is 9.81. The number of hydrogen-bond acceptors (Lipinski definition) is 7. The second-order valence-electron chi connectivity index (χ2n) is 13.8. The summed E-state index contributed by atoms with van der Waals surface area (Å²) < 4.78 is 17.7. The lowest BCUT2D eigenvalue weighted by molar-refractivity contribution is -0.149. The van der Waals surface area contributed by atoms with Gasteiger partial charge in [-0.3, -0.25) is 9.59 Å². The molecule has 1 unspecified atom stereocenters. The van der Waals surface area contributed by atoms with E-state index in [0.717, 1.165) is 50.4 Å². The second kappa shape index (κ2) is 10.9. The predicted octanol–water partition coefficient (Wildman–Crippen LogP) is 4.37. The molecular formula is C31H50N2O5. The van der Waals surface area contributed by atoms with Crippen LogP contribution in [0.1, 0.15) is 85.5 Å². The fraction of sp³-hybridized carbons (Fsp3) is 0.871. The molecule has 4 aliphatic carbocycles. The largest absolute Gasteiger partial charge is 0.464 e. The first kappa shape index (κ1) is 28.1. The highest BCUT2D eigenvalue weighted by molar-refractivity contribution is 5.71. The lowest BCUT2D eigenvalue weighted by atomic mass is 9.47. The van der Waals surface area contributed by atoms with Crippen LogP contribution in [0, 0.1) is 46.3 Å². The minimum Gasteiger partial charge on any atom is -0.464 e. The zero-order valence-corrected chi connectivity index (χ0v) is 24.0. The maximum atomic E-state index is 11.8. The summed E-state index contributed by atoms with van der Waals surface area (Å²) in [6.07, 6.45) is 13.1. The van der Waals surface area contributed by atoms with Crippen LogP contribution in [-0.4, -0.2) is 49.9 Å². The summed E-state index contributed by atoms with van der Waals surface area (Å²) in [6, 6.07) is 0. The standard InChI is InChI=1S/C31H50N2O5/c1-18(17-36-27(34)15-32)5-8-25-19(2)29-26(38-25)14-24-22-7-6-20-13-21(37-28(35)16-33)9-11-30(20,3)23(22)10-12-31(24,29)4/h6,18-19,21-26,29H,5,7-17,32-33H2,1-4H3/t18-,19-,21?,22-,23+,24+,25-,26+,29+,30+,31+/m1/s1. The van der Waals surface area contributed by atoms with Crippen LogP contribution in [0.3, 0.4) is 0 Å². The quantitative estimate of drug-likeness (QED) is 0.354. The van der Waals surface area contributed by atoms with E-state index in [2.05, 4.69) is 33.8 Å². The molecule has 1 aliphatic heterocycles. The first-order chi connectivity index (χ1) is 18.1. The Labute approximate surface area is 228 Å². The normalized spacial score (nSPS) is 44.2. The molecule has 4 N–H and O–H groups in total. The summed E-state index contributed by atoms with van der Waals surface area (Å²) in [5.74, 6) is 3.06. The smallest absolute Gasteiger partial charge is 0.319 e. The number of esters is 2. The van der Waals surface area contributed by atoms with E-state index in [4.69, 9.17) is 25.7 Å². The SMILES string of the molecule is C[C@H](CC[C@H]1O[C@H]2C[C@H]3[C@@H]4CC=C5CC(OC(=O)CN)CC[C@]5(C)[C@H]4CC[C@]3(C)[C@H]2[C@@H]1C)COC(=O)CN. The molecule has 4 fully saturated rings. The summed E-state index contributed by atoms with van der Waals surface area (Å²) in [6.45, 7) is 10.0. The Balaban J connectivity index is 1.22. The van der Waals surface area contributed by atoms with Crippen LogP contribution >= 0.6 is 0 Å². The van der Waals surface area contributed by atoms with Crippen molar-refractivity contribution in [2.75, 3.05) is 19.7 Å². The zero-order valence-electron chi connectivity index (χ0n) is 24.0. The van der Waals surface area contributed by atoms with Crippen molar-refractivity contribution in [3.63, 3.8) is 0 Å². The molecule has 0 bridgehead atoms. The van der Waals surface area contributed by atoms with Gasteiger partial charge < -0.3 is 25.7 Å². The van der Waals surface area contributed by atoms with Gasteiger partial charge in [-0.15, -0.1) is 0 Å². The molecule has 0 amide bonds. The topological polar surface area (TPSA) is 114 Å². The molecular weight excluding hydrogens is 480 g/mol. The van der Waals surface area contributed by atoms with E-state index >= 15 is 0 Å². The number of ether oxygens (including phenoxy) is 3. The van der Waals surface area contributed by atoms with Gasteiger partial charge in [0.1, 0.15) is 6.10 Å². The Morgan fingerprint density at radius 2 is 1.89 bits per heavy atom. The molecule has 0 aromatic rings. The van der Waals surface area contributed by atoms with E-state index in [-0.39, 0.29) is 36.5 Å². The van der Waals surface area contributed by atoms with E-state index in [9.17, 15) is 9.59 Å². The van der Waals surface area contributed by atoms with Crippen molar-refractivity contribution in [3.8, 4) is 0 Å². The number of fused-ring (bicyclic) bond motifs is 7. The first-order valence-electron chi connectivity index (χ1n) is 15.2.